The average molecular weight is 674 g/mol. The lowest BCUT2D eigenvalue weighted by Gasteiger charge is -2.18. The van der Waals surface area contributed by atoms with Crippen LogP contribution in [0.2, 0.25) is 4.34 Å². The number of alkyl halides is 3. The van der Waals surface area contributed by atoms with Crippen LogP contribution in [-0.2, 0) is 38.1 Å². The Bertz CT molecular complexity index is 1740. The minimum atomic E-state index is -5.08. The van der Waals surface area contributed by atoms with E-state index in [0.717, 1.165) is 28.0 Å². The van der Waals surface area contributed by atoms with Crippen molar-refractivity contribution in [1.29, 1.82) is 0 Å². The van der Waals surface area contributed by atoms with Crippen LogP contribution in [-0.4, -0.2) is 73.4 Å². The lowest BCUT2D eigenvalue weighted by Crippen LogP contribution is -2.32. The molecule has 0 aliphatic carbocycles. The summed E-state index contributed by atoms with van der Waals surface area (Å²) in [5, 5.41) is 12.5. The standard InChI is InChI=1S/C27H30ClN3O4S2.C2HF3O2/c1-18(30(2)3)23(32)12-11-19-7-5-8-20(15-19)16-31-22-9-6-10-24(35-4)27(22)21(29-31)17-37(33,34)26-14-13-25(28)36-26;3-2(4,5)1(6)7/h5-10,13-15,18H,11-12,16-17H2,1-4H3;(H,6,7). The summed E-state index contributed by atoms with van der Waals surface area (Å²) in [6.45, 7) is 2.37. The molecule has 2 heterocycles. The average Bonchev–Trinajstić information content (AvgIpc) is 3.55. The van der Waals surface area contributed by atoms with Crippen molar-refractivity contribution >= 4 is 55.4 Å². The van der Waals surface area contributed by atoms with Crippen molar-refractivity contribution in [3.63, 3.8) is 0 Å². The second-order valence-electron chi connectivity index (χ2n) is 10.0. The van der Waals surface area contributed by atoms with E-state index in [1.807, 2.05) is 60.9 Å². The zero-order valence-corrected chi connectivity index (χ0v) is 26.6. The molecule has 9 nitrogen and oxygen atoms in total. The van der Waals surface area contributed by atoms with Gasteiger partial charge in [-0.2, -0.15) is 18.3 Å². The molecule has 0 aliphatic rings. The summed E-state index contributed by atoms with van der Waals surface area (Å²) in [4.78, 5) is 23.3. The van der Waals surface area contributed by atoms with Crippen molar-refractivity contribution in [3.8, 4) is 5.75 Å². The Hall–Kier alpha value is -3.46. The number of fused-ring (bicyclic) bond motifs is 1. The molecule has 0 saturated carbocycles. The summed E-state index contributed by atoms with van der Waals surface area (Å²) in [6, 6.07) is 16.6. The van der Waals surface area contributed by atoms with Gasteiger partial charge in [0.05, 0.1) is 40.6 Å². The molecule has 2 aromatic heterocycles. The number of benzene rings is 2. The number of thiophene rings is 1. The van der Waals surface area contributed by atoms with E-state index in [0.29, 0.717) is 40.6 Å². The smallest absolute Gasteiger partial charge is 0.490 e. The Kier molecular flexibility index (Phi) is 11.6. The summed E-state index contributed by atoms with van der Waals surface area (Å²) in [5.74, 6) is -2.24. The number of ether oxygens (including phenoxy) is 1. The van der Waals surface area contributed by atoms with Crippen LogP contribution < -0.4 is 4.74 Å². The quantitative estimate of drug-likeness (QED) is 0.210. The number of carbonyl (C=O) groups excluding carboxylic acids is 1. The second-order valence-corrected chi connectivity index (χ2v) is 13.9. The van der Waals surface area contributed by atoms with Crippen LogP contribution in [0.1, 0.15) is 30.2 Å². The Labute approximate surface area is 261 Å². The van der Waals surface area contributed by atoms with Gasteiger partial charge in [0.2, 0.25) is 0 Å². The van der Waals surface area contributed by atoms with Gasteiger partial charge in [0, 0.05) is 6.42 Å². The van der Waals surface area contributed by atoms with E-state index >= 15 is 0 Å². The summed E-state index contributed by atoms with van der Waals surface area (Å²) in [7, 11) is 1.73. The van der Waals surface area contributed by atoms with Gasteiger partial charge in [0.15, 0.2) is 9.84 Å². The first-order chi connectivity index (χ1) is 20.5. The molecular weight excluding hydrogens is 643 g/mol. The molecule has 0 radical (unpaired) electrons. The number of ketones is 1. The van der Waals surface area contributed by atoms with Gasteiger partial charge in [0.1, 0.15) is 21.5 Å². The highest BCUT2D eigenvalue weighted by molar-refractivity contribution is 7.92. The van der Waals surface area contributed by atoms with E-state index in [1.54, 1.807) is 19.2 Å². The van der Waals surface area contributed by atoms with Crippen molar-refractivity contribution in [2.24, 2.45) is 0 Å². The minimum absolute atomic E-state index is 0.117. The highest BCUT2D eigenvalue weighted by Crippen LogP contribution is 2.33. The third-order valence-corrected chi connectivity index (χ3v) is 10.1. The molecule has 238 valence electrons. The largest absolute Gasteiger partial charge is 0.496 e. The molecule has 1 N–H and O–H groups in total. The topological polar surface area (TPSA) is 119 Å². The number of rotatable bonds is 11. The van der Waals surface area contributed by atoms with Gasteiger partial charge >= 0.3 is 12.1 Å². The van der Waals surface area contributed by atoms with Crippen molar-refractivity contribution in [1.82, 2.24) is 14.7 Å². The first kappa shape index (κ1) is 35.0. The third-order valence-electron chi connectivity index (χ3n) is 6.68. The summed E-state index contributed by atoms with van der Waals surface area (Å²) in [5.41, 5.74) is 3.30. The molecule has 0 aliphatic heterocycles. The van der Waals surface area contributed by atoms with Gasteiger partial charge in [-0.3, -0.25) is 14.4 Å². The Morgan fingerprint density at radius 2 is 1.75 bits per heavy atom. The molecule has 0 bridgehead atoms. The van der Waals surface area contributed by atoms with E-state index in [4.69, 9.17) is 31.3 Å². The fraction of sp³-hybridized carbons (Fsp3) is 0.345. The van der Waals surface area contributed by atoms with E-state index in [2.05, 4.69) is 6.07 Å². The van der Waals surface area contributed by atoms with Crippen molar-refractivity contribution in [3.05, 3.63) is 75.8 Å². The van der Waals surface area contributed by atoms with Crippen LogP contribution in [0.15, 0.2) is 58.8 Å². The number of methoxy groups -OCH3 is 1. The van der Waals surface area contributed by atoms with Crippen LogP contribution in [0.25, 0.3) is 10.9 Å². The number of nitrogens with zero attached hydrogens (tertiary/aromatic N) is 3. The number of carbonyl (C=O) groups is 2. The number of aryl methyl sites for hydroxylation is 1. The molecule has 2 aromatic carbocycles. The molecule has 15 heteroatoms. The Morgan fingerprint density at radius 3 is 2.32 bits per heavy atom. The lowest BCUT2D eigenvalue weighted by molar-refractivity contribution is -0.192. The van der Waals surface area contributed by atoms with Crippen LogP contribution in [0.3, 0.4) is 0 Å². The predicted molar refractivity (Wildman–Crippen MR) is 162 cm³/mol. The molecule has 1 atom stereocenters. The van der Waals surface area contributed by atoms with Crippen molar-refractivity contribution in [2.75, 3.05) is 21.2 Å². The first-order valence-electron chi connectivity index (χ1n) is 13.1. The van der Waals surface area contributed by atoms with Gasteiger partial charge in [-0.25, -0.2) is 13.2 Å². The molecular formula is C29H31ClF3N3O6S2. The summed E-state index contributed by atoms with van der Waals surface area (Å²) >= 11 is 7.02. The number of hydrogen-bond donors (Lipinski definition) is 1. The van der Waals surface area contributed by atoms with Crippen LogP contribution in [0.4, 0.5) is 13.2 Å². The fourth-order valence-corrected chi connectivity index (χ4v) is 7.05. The summed E-state index contributed by atoms with van der Waals surface area (Å²) < 4.78 is 66.0. The molecule has 1 unspecified atom stereocenters. The molecule has 4 rings (SSSR count). The molecule has 0 fully saturated rings. The van der Waals surface area contributed by atoms with Gasteiger partial charge in [0.25, 0.3) is 0 Å². The zero-order chi connectivity index (χ0) is 32.8. The Morgan fingerprint density at radius 1 is 1.11 bits per heavy atom. The molecule has 0 amide bonds. The SMILES string of the molecule is COc1cccc2c1c(CS(=O)(=O)c1ccc(Cl)s1)nn2Cc1cccc(CCC(=O)C(C)N(C)C)c1.O=C(O)C(F)(F)F. The number of carboxylic acid groups (broad SMARTS) is 1. The Balaban J connectivity index is 0.000000676. The number of likely N-dealkylation sites (N-methyl/N-ethyl adjacent to an activating group) is 1. The third kappa shape index (κ3) is 9.03. The molecule has 0 spiro atoms. The van der Waals surface area contributed by atoms with Gasteiger partial charge in [-0.1, -0.05) is 41.9 Å². The van der Waals surface area contributed by atoms with E-state index in [1.165, 1.54) is 6.07 Å². The number of aromatic nitrogens is 2. The molecule has 0 saturated heterocycles. The second kappa shape index (κ2) is 14.5. The summed E-state index contributed by atoms with van der Waals surface area (Å²) in [6.07, 6.45) is -3.95. The highest BCUT2D eigenvalue weighted by atomic mass is 35.5. The van der Waals surface area contributed by atoms with Crippen LogP contribution in [0, 0.1) is 0 Å². The van der Waals surface area contributed by atoms with Crippen LogP contribution in [0.5, 0.6) is 5.75 Å². The normalized spacial score (nSPS) is 12.6. The van der Waals surface area contributed by atoms with E-state index < -0.39 is 22.0 Å². The van der Waals surface area contributed by atoms with Crippen LogP contribution >= 0.6 is 22.9 Å². The monoisotopic (exact) mass is 673 g/mol. The number of carboxylic acids is 1. The van der Waals surface area contributed by atoms with Gasteiger partial charge < -0.3 is 9.84 Å². The molecule has 4 aromatic rings. The van der Waals surface area contributed by atoms with E-state index in [9.17, 15) is 26.4 Å². The van der Waals surface area contributed by atoms with Crippen molar-refractivity contribution < 1.29 is 41.0 Å². The molecule has 44 heavy (non-hydrogen) atoms. The number of aliphatic carboxylic acids is 1. The lowest BCUT2D eigenvalue weighted by atomic mass is 10.0. The maximum absolute atomic E-state index is 13.1. The fourth-order valence-electron chi connectivity index (χ4n) is 4.20. The predicted octanol–water partition coefficient (Wildman–Crippen LogP) is 5.87. The zero-order valence-electron chi connectivity index (χ0n) is 24.3. The highest BCUT2D eigenvalue weighted by Gasteiger charge is 2.38. The first-order valence-corrected chi connectivity index (χ1v) is 16.0. The maximum atomic E-state index is 13.1. The number of hydrogen-bond acceptors (Lipinski definition) is 8. The maximum Gasteiger partial charge on any atom is 0.490 e. The van der Waals surface area contributed by atoms with E-state index in [-0.39, 0.29) is 21.8 Å². The number of sulfone groups is 1. The van der Waals surface area contributed by atoms with Gasteiger partial charge in [-0.15, -0.1) is 11.3 Å². The minimum Gasteiger partial charge on any atom is -0.496 e. The van der Waals surface area contributed by atoms with Gasteiger partial charge in [-0.05, 0) is 62.8 Å². The number of Topliss-reactive ketones (excluding diaryl/α,β-unsaturated/α-hetero) is 1. The number of halogens is 4. The van der Waals surface area contributed by atoms with Crippen molar-refractivity contribution in [2.45, 2.75) is 48.5 Å².